The maximum atomic E-state index is 9.16. The zero-order valence-corrected chi connectivity index (χ0v) is 9.07. The molecule has 0 saturated carbocycles. The van der Waals surface area contributed by atoms with Gasteiger partial charge in [0.1, 0.15) is 0 Å². The predicted molar refractivity (Wildman–Crippen MR) is 58.5 cm³/mol. The Labute approximate surface area is 85.4 Å². The van der Waals surface area contributed by atoms with Crippen LogP contribution in [0.3, 0.4) is 0 Å². The average molecular weight is 194 g/mol. The molecule has 0 spiro atoms. The number of aromatic nitrogens is 1. The van der Waals surface area contributed by atoms with Gasteiger partial charge < -0.3 is 10.0 Å². The van der Waals surface area contributed by atoms with Gasteiger partial charge in [0, 0.05) is 31.2 Å². The summed E-state index contributed by atoms with van der Waals surface area (Å²) in [4.78, 5) is 6.27. The monoisotopic (exact) mass is 194 g/mol. The number of rotatable bonds is 4. The molecule has 1 unspecified atom stereocenters. The molecular formula is C11H18N2O. The van der Waals surface area contributed by atoms with Gasteiger partial charge in [-0.05, 0) is 32.4 Å². The SMILES string of the molecule is Cc1cc(N(C)CCC(C)O)ccn1. The molecule has 1 aromatic heterocycles. The molecule has 0 amide bonds. The fraction of sp³-hybridized carbons (Fsp3) is 0.545. The van der Waals surface area contributed by atoms with Gasteiger partial charge in [-0.15, -0.1) is 0 Å². The van der Waals surface area contributed by atoms with Crippen molar-refractivity contribution < 1.29 is 5.11 Å². The molecule has 1 N–H and O–H groups in total. The Morgan fingerprint density at radius 3 is 2.86 bits per heavy atom. The van der Waals surface area contributed by atoms with E-state index in [4.69, 9.17) is 5.11 Å². The number of aryl methyl sites for hydroxylation is 1. The third-order valence-electron chi connectivity index (χ3n) is 2.20. The van der Waals surface area contributed by atoms with Crippen molar-refractivity contribution in [3.63, 3.8) is 0 Å². The van der Waals surface area contributed by atoms with Gasteiger partial charge in [0.25, 0.3) is 0 Å². The predicted octanol–water partition coefficient (Wildman–Crippen LogP) is 1.60. The minimum Gasteiger partial charge on any atom is -0.393 e. The van der Waals surface area contributed by atoms with E-state index in [-0.39, 0.29) is 6.10 Å². The van der Waals surface area contributed by atoms with Gasteiger partial charge in [-0.3, -0.25) is 4.98 Å². The third-order valence-corrected chi connectivity index (χ3v) is 2.20. The Balaban J connectivity index is 2.56. The number of nitrogens with zero attached hydrogens (tertiary/aromatic N) is 2. The molecule has 0 bridgehead atoms. The first-order chi connectivity index (χ1) is 6.59. The van der Waals surface area contributed by atoms with Crippen LogP contribution in [0.4, 0.5) is 5.69 Å². The van der Waals surface area contributed by atoms with E-state index >= 15 is 0 Å². The normalized spacial score (nSPS) is 12.6. The molecule has 1 aromatic rings. The summed E-state index contributed by atoms with van der Waals surface area (Å²) in [6.45, 7) is 4.65. The second kappa shape index (κ2) is 4.96. The molecule has 14 heavy (non-hydrogen) atoms. The number of aliphatic hydroxyl groups is 1. The molecule has 78 valence electrons. The van der Waals surface area contributed by atoms with Gasteiger partial charge in [-0.25, -0.2) is 0 Å². The number of hydrogen-bond donors (Lipinski definition) is 1. The summed E-state index contributed by atoms with van der Waals surface area (Å²) in [6.07, 6.45) is 2.36. The smallest absolute Gasteiger partial charge is 0.0528 e. The lowest BCUT2D eigenvalue weighted by Crippen LogP contribution is -2.21. The van der Waals surface area contributed by atoms with E-state index < -0.39 is 0 Å². The zero-order valence-electron chi connectivity index (χ0n) is 9.07. The highest BCUT2D eigenvalue weighted by atomic mass is 16.3. The van der Waals surface area contributed by atoms with Gasteiger partial charge >= 0.3 is 0 Å². The van der Waals surface area contributed by atoms with Crippen LogP contribution in [0.25, 0.3) is 0 Å². The third kappa shape index (κ3) is 3.34. The molecule has 3 nitrogen and oxygen atoms in total. The van der Waals surface area contributed by atoms with Crippen LogP contribution in [0, 0.1) is 6.92 Å². The lowest BCUT2D eigenvalue weighted by Gasteiger charge is -2.20. The second-order valence-electron chi connectivity index (χ2n) is 3.71. The quantitative estimate of drug-likeness (QED) is 0.791. The van der Waals surface area contributed by atoms with Crippen molar-refractivity contribution in [1.82, 2.24) is 4.98 Å². The minimum absolute atomic E-state index is 0.236. The summed E-state index contributed by atoms with van der Waals surface area (Å²) >= 11 is 0. The summed E-state index contributed by atoms with van der Waals surface area (Å²) in [5, 5.41) is 9.16. The van der Waals surface area contributed by atoms with E-state index in [1.165, 1.54) is 0 Å². The maximum absolute atomic E-state index is 9.16. The largest absolute Gasteiger partial charge is 0.393 e. The minimum atomic E-state index is -0.236. The van der Waals surface area contributed by atoms with Crippen molar-refractivity contribution in [3.8, 4) is 0 Å². The van der Waals surface area contributed by atoms with Crippen LogP contribution in [0.2, 0.25) is 0 Å². The number of pyridine rings is 1. The highest BCUT2D eigenvalue weighted by Crippen LogP contribution is 2.12. The van der Waals surface area contributed by atoms with Crippen molar-refractivity contribution in [3.05, 3.63) is 24.0 Å². The lowest BCUT2D eigenvalue weighted by atomic mass is 10.2. The molecular weight excluding hydrogens is 176 g/mol. The van der Waals surface area contributed by atoms with Crippen LogP contribution in [0.1, 0.15) is 19.0 Å². The summed E-state index contributed by atoms with van der Waals surface area (Å²) in [5.41, 5.74) is 2.17. The molecule has 1 heterocycles. The summed E-state index contributed by atoms with van der Waals surface area (Å²) < 4.78 is 0. The highest BCUT2D eigenvalue weighted by Gasteiger charge is 2.02. The van der Waals surface area contributed by atoms with Crippen molar-refractivity contribution in [2.24, 2.45) is 0 Å². The Morgan fingerprint density at radius 2 is 2.29 bits per heavy atom. The fourth-order valence-corrected chi connectivity index (χ4v) is 1.28. The zero-order chi connectivity index (χ0) is 10.6. The van der Waals surface area contributed by atoms with Crippen molar-refractivity contribution in [2.75, 3.05) is 18.5 Å². The maximum Gasteiger partial charge on any atom is 0.0528 e. The van der Waals surface area contributed by atoms with E-state index in [2.05, 4.69) is 9.88 Å². The summed E-state index contributed by atoms with van der Waals surface area (Å²) in [7, 11) is 2.02. The first kappa shape index (κ1) is 11.0. The van der Waals surface area contributed by atoms with Gasteiger partial charge in [0.15, 0.2) is 0 Å². The Kier molecular flexibility index (Phi) is 3.89. The van der Waals surface area contributed by atoms with Gasteiger partial charge in [0.2, 0.25) is 0 Å². The van der Waals surface area contributed by atoms with Gasteiger partial charge in [-0.2, -0.15) is 0 Å². The van der Waals surface area contributed by atoms with Crippen molar-refractivity contribution in [2.45, 2.75) is 26.4 Å². The van der Waals surface area contributed by atoms with Crippen LogP contribution in [0.5, 0.6) is 0 Å². The highest BCUT2D eigenvalue weighted by molar-refractivity contribution is 5.45. The van der Waals surface area contributed by atoms with E-state index in [0.717, 1.165) is 24.3 Å². The van der Waals surface area contributed by atoms with E-state index in [1.54, 1.807) is 0 Å². The Bertz CT molecular complexity index is 286. The molecule has 1 rings (SSSR count). The van der Waals surface area contributed by atoms with Crippen LogP contribution in [-0.4, -0.2) is 29.8 Å². The molecule has 0 aromatic carbocycles. The van der Waals surface area contributed by atoms with E-state index in [1.807, 2.05) is 39.2 Å². The lowest BCUT2D eigenvalue weighted by molar-refractivity contribution is 0.187. The van der Waals surface area contributed by atoms with Gasteiger partial charge in [0.05, 0.1) is 6.10 Å². The van der Waals surface area contributed by atoms with Crippen LogP contribution >= 0.6 is 0 Å². The standard InChI is InChI=1S/C11H18N2O/c1-9-8-11(4-6-12-9)13(3)7-5-10(2)14/h4,6,8,10,14H,5,7H2,1-3H3. The molecule has 1 atom stereocenters. The van der Waals surface area contributed by atoms with Crippen LogP contribution < -0.4 is 4.90 Å². The molecule has 0 aliphatic rings. The number of anilines is 1. The van der Waals surface area contributed by atoms with E-state index in [9.17, 15) is 0 Å². The average Bonchev–Trinajstić information content (AvgIpc) is 2.14. The number of aliphatic hydroxyl groups excluding tert-OH is 1. The summed E-state index contributed by atoms with van der Waals surface area (Å²) in [5.74, 6) is 0. The van der Waals surface area contributed by atoms with Gasteiger partial charge in [-0.1, -0.05) is 0 Å². The van der Waals surface area contributed by atoms with Crippen molar-refractivity contribution >= 4 is 5.69 Å². The number of hydrogen-bond acceptors (Lipinski definition) is 3. The van der Waals surface area contributed by atoms with Crippen LogP contribution in [0.15, 0.2) is 18.3 Å². The van der Waals surface area contributed by atoms with Crippen LogP contribution in [-0.2, 0) is 0 Å². The first-order valence-corrected chi connectivity index (χ1v) is 4.91. The van der Waals surface area contributed by atoms with Crippen molar-refractivity contribution in [1.29, 1.82) is 0 Å². The molecule has 0 aliphatic carbocycles. The van der Waals surface area contributed by atoms with E-state index in [0.29, 0.717) is 0 Å². The molecule has 0 fully saturated rings. The second-order valence-corrected chi connectivity index (χ2v) is 3.71. The topological polar surface area (TPSA) is 36.4 Å². The molecule has 0 saturated heterocycles. The Hall–Kier alpha value is -1.09. The summed E-state index contributed by atoms with van der Waals surface area (Å²) in [6, 6.07) is 4.02. The molecule has 3 heteroatoms. The Morgan fingerprint density at radius 1 is 1.57 bits per heavy atom. The molecule has 0 aliphatic heterocycles. The first-order valence-electron chi connectivity index (χ1n) is 4.91. The fourth-order valence-electron chi connectivity index (χ4n) is 1.28. The molecule has 0 radical (unpaired) electrons.